The van der Waals surface area contributed by atoms with Crippen LogP contribution >= 0.6 is 15.9 Å². The van der Waals surface area contributed by atoms with Gasteiger partial charge in [0.05, 0.1) is 12.2 Å². The zero-order valence-electron chi connectivity index (χ0n) is 15.5. The summed E-state index contributed by atoms with van der Waals surface area (Å²) in [5, 5.41) is 30.8. The van der Waals surface area contributed by atoms with Crippen molar-refractivity contribution in [2.75, 3.05) is 0 Å². The minimum absolute atomic E-state index is 0.0712. The summed E-state index contributed by atoms with van der Waals surface area (Å²) >= 11 is 3.43. The Balaban J connectivity index is 2.86. The zero-order chi connectivity index (χ0) is 19.0. The number of phenolic OH excluding ortho intramolecular Hbond substituents is 1. The second-order valence-electron chi connectivity index (χ2n) is 6.91. The van der Waals surface area contributed by atoms with Crippen LogP contribution in [0.25, 0.3) is 6.08 Å². The van der Waals surface area contributed by atoms with E-state index >= 15 is 0 Å². The molecule has 0 aliphatic carbocycles. The lowest BCUT2D eigenvalue weighted by molar-refractivity contribution is 0.00883. The van der Waals surface area contributed by atoms with Gasteiger partial charge in [-0.05, 0) is 43.4 Å². The van der Waals surface area contributed by atoms with Crippen LogP contribution < -0.4 is 0 Å². The van der Waals surface area contributed by atoms with E-state index in [9.17, 15) is 15.3 Å². The maximum Gasteiger partial charge on any atom is 0.122 e. The van der Waals surface area contributed by atoms with E-state index in [1.54, 1.807) is 18.2 Å². The fraction of sp³-hybridized carbons (Fsp3) is 0.524. The van der Waals surface area contributed by atoms with E-state index in [-0.39, 0.29) is 17.6 Å². The minimum Gasteiger partial charge on any atom is -0.507 e. The van der Waals surface area contributed by atoms with Crippen LogP contribution in [-0.4, -0.2) is 27.5 Å². The molecule has 3 N–H and O–H groups in total. The van der Waals surface area contributed by atoms with Crippen LogP contribution in [0.3, 0.4) is 0 Å². The van der Waals surface area contributed by atoms with Crippen LogP contribution in [0.5, 0.6) is 5.75 Å². The first-order valence-electron chi connectivity index (χ1n) is 8.96. The molecular formula is C21H31BrO3. The summed E-state index contributed by atoms with van der Waals surface area (Å²) in [6.07, 6.45) is 5.60. The Kier molecular flexibility index (Phi) is 9.47. The molecule has 4 heteroatoms. The first-order valence-corrected chi connectivity index (χ1v) is 9.76. The molecule has 0 aliphatic heterocycles. The molecule has 0 bridgehead atoms. The summed E-state index contributed by atoms with van der Waals surface area (Å²) in [5.41, 5.74) is 1.95. The maximum absolute atomic E-state index is 10.5. The Morgan fingerprint density at radius 2 is 1.92 bits per heavy atom. The van der Waals surface area contributed by atoms with Gasteiger partial charge in [-0.25, -0.2) is 0 Å². The van der Waals surface area contributed by atoms with Crippen molar-refractivity contribution in [1.82, 2.24) is 0 Å². The summed E-state index contributed by atoms with van der Waals surface area (Å²) in [6.45, 7) is 9.75. The molecule has 0 aromatic heterocycles. The summed E-state index contributed by atoms with van der Waals surface area (Å²) < 4.78 is 0.916. The molecule has 0 heterocycles. The molecular weight excluding hydrogens is 380 g/mol. The first-order chi connectivity index (χ1) is 11.8. The van der Waals surface area contributed by atoms with Gasteiger partial charge in [0.25, 0.3) is 0 Å². The highest BCUT2D eigenvalue weighted by atomic mass is 79.9. The monoisotopic (exact) mass is 410 g/mol. The SMILES string of the molecule is C=C[C@H]([C@H](O)CC/C(=C/c1cc(Br)ccc1O)CCC)[C@H](O)C(C)C. The van der Waals surface area contributed by atoms with E-state index in [4.69, 9.17) is 0 Å². The topological polar surface area (TPSA) is 60.7 Å². The van der Waals surface area contributed by atoms with Gasteiger partial charge in [-0.3, -0.25) is 0 Å². The average molecular weight is 411 g/mol. The molecule has 0 saturated heterocycles. The van der Waals surface area contributed by atoms with Crippen molar-refractivity contribution in [3.05, 3.63) is 46.5 Å². The second kappa shape index (κ2) is 10.8. The third-order valence-corrected chi connectivity index (χ3v) is 4.97. The van der Waals surface area contributed by atoms with Crippen molar-refractivity contribution in [3.63, 3.8) is 0 Å². The van der Waals surface area contributed by atoms with E-state index in [1.165, 1.54) is 5.57 Å². The smallest absolute Gasteiger partial charge is 0.122 e. The number of hydrogen-bond acceptors (Lipinski definition) is 3. The van der Waals surface area contributed by atoms with E-state index < -0.39 is 12.2 Å². The normalized spacial score (nSPS) is 15.9. The standard InChI is InChI=1S/C21H31BrO3/c1-5-7-15(12-16-13-17(22)9-11-19(16)23)8-10-20(24)18(6-2)21(25)14(3)4/h6,9,11-14,18,20-21,23-25H,2,5,7-8,10H2,1,3-4H3/b15-12+/t18-,20-,21-/m1/s1. The van der Waals surface area contributed by atoms with Crippen LogP contribution in [-0.2, 0) is 0 Å². The summed E-state index contributed by atoms with van der Waals surface area (Å²) in [7, 11) is 0. The average Bonchev–Trinajstić information content (AvgIpc) is 2.56. The molecule has 0 amide bonds. The summed E-state index contributed by atoms with van der Waals surface area (Å²) in [4.78, 5) is 0. The summed E-state index contributed by atoms with van der Waals surface area (Å²) in [5.74, 6) is -0.0133. The lowest BCUT2D eigenvalue weighted by atomic mass is 9.86. The fourth-order valence-electron chi connectivity index (χ4n) is 2.95. The van der Waals surface area contributed by atoms with Gasteiger partial charge >= 0.3 is 0 Å². The summed E-state index contributed by atoms with van der Waals surface area (Å²) in [6, 6.07) is 5.36. The highest BCUT2D eigenvalue weighted by Gasteiger charge is 2.26. The van der Waals surface area contributed by atoms with Crippen molar-refractivity contribution in [2.24, 2.45) is 11.8 Å². The number of phenols is 1. The number of aliphatic hydroxyl groups is 2. The van der Waals surface area contributed by atoms with Gasteiger partial charge in [0.15, 0.2) is 0 Å². The van der Waals surface area contributed by atoms with Gasteiger partial charge in [-0.1, -0.05) is 60.8 Å². The Hall–Kier alpha value is -1.10. The largest absolute Gasteiger partial charge is 0.507 e. The number of rotatable bonds is 10. The molecule has 140 valence electrons. The molecule has 0 fully saturated rings. The van der Waals surface area contributed by atoms with Crippen LogP contribution in [0, 0.1) is 11.8 Å². The Bertz CT molecular complexity index is 581. The van der Waals surface area contributed by atoms with Gasteiger partial charge < -0.3 is 15.3 Å². The van der Waals surface area contributed by atoms with Crippen molar-refractivity contribution in [1.29, 1.82) is 0 Å². The second-order valence-corrected chi connectivity index (χ2v) is 7.83. The van der Waals surface area contributed by atoms with Gasteiger partial charge in [-0.15, -0.1) is 6.58 Å². The van der Waals surface area contributed by atoms with E-state index in [0.29, 0.717) is 6.42 Å². The molecule has 1 aromatic rings. The highest BCUT2D eigenvalue weighted by Crippen LogP contribution is 2.28. The van der Waals surface area contributed by atoms with Gasteiger partial charge in [0, 0.05) is 16.0 Å². The van der Waals surface area contributed by atoms with Gasteiger partial charge in [-0.2, -0.15) is 0 Å². The molecule has 3 atom stereocenters. The zero-order valence-corrected chi connectivity index (χ0v) is 17.0. The molecule has 25 heavy (non-hydrogen) atoms. The third kappa shape index (κ3) is 6.96. The maximum atomic E-state index is 10.5. The van der Waals surface area contributed by atoms with E-state index in [0.717, 1.165) is 29.3 Å². The third-order valence-electron chi connectivity index (χ3n) is 4.48. The van der Waals surface area contributed by atoms with E-state index in [2.05, 4.69) is 29.4 Å². The number of halogens is 1. The minimum atomic E-state index is -0.633. The van der Waals surface area contributed by atoms with Crippen LogP contribution in [0.2, 0.25) is 0 Å². The lowest BCUT2D eigenvalue weighted by Gasteiger charge is -2.27. The number of benzene rings is 1. The Morgan fingerprint density at radius 1 is 1.24 bits per heavy atom. The van der Waals surface area contributed by atoms with Crippen LogP contribution in [0.1, 0.15) is 52.0 Å². The molecule has 0 unspecified atom stereocenters. The lowest BCUT2D eigenvalue weighted by Crippen LogP contribution is -2.33. The number of aromatic hydroxyl groups is 1. The number of aliphatic hydroxyl groups excluding tert-OH is 2. The Labute approximate surface area is 160 Å². The molecule has 0 aliphatic rings. The van der Waals surface area contributed by atoms with Crippen molar-refractivity contribution in [2.45, 2.75) is 58.7 Å². The molecule has 1 rings (SSSR count). The number of allylic oxidation sites excluding steroid dienone is 1. The predicted molar refractivity (Wildman–Crippen MR) is 108 cm³/mol. The molecule has 0 spiro atoms. The Morgan fingerprint density at radius 3 is 2.48 bits per heavy atom. The first kappa shape index (κ1) is 21.9. The van der Waals surface area contributed by atoms with Gasteiger partial charge in [0.1, 0.15) is 5.75 Å². The van der Waals surface area contributed by atoms with E-state index in [1.807, 2.05) is 26.0 Å². The van der Waals surface area contributed by atoms with Crippen LogP contribution in [0.15, 0.2) is 40.9 Å². The predicted octanol–water partition coefficient (Wildman–Crippen LogP) is 5.30. The van der Waals surface area contributed by atoms with Crippen LogP contribution in [0.4, 0.5) is 0 Å². The molecule has 0 saturated carbocycles. The highest BCUT2D eigenvalue weighted by molar-refractivity contribution is 9.10. The number of hydrogen-bond donors (Lipinski definition) is 3. The van der Waals surface area contributed by atoms with Crippen molar-refractivity contribution in [3.8, 4) is 5.75 Å². The molecule has 0 radical (unpaired) electrons. The molecule has 1 aromatic carbocycles. The van der Waals surface area contributed by atoms with Gasteiger partial charge in [0.2, 0.25) is 0 Å². The fourth-order valence-corrected chi connectivity index (χ4v) is 3.32. The van der Waals surface area contributed by atoms with Crippen molar-refractivity contribution < 1.29 is 15.3 Å². The molecule has 3 nitrogen and oxygen atoms in total. The van der Waals surface area contributed by atoms with Crippen molar-refractivity contribution >= 4 is 22.0 Å². The quantitative estimate of drug-likeness (QED) is 0.458.